The maximum atomic E-state index is 12.6. The molecule has 2 N–H and O–H groups in total. The number of carbonyl (C=O) groups excluding carboxylic acids is 1. The van der Waals surface area contributed by atoms with Crippen molar-refractivity contribution in [3.8, 4) is 6.07 Å². The van der Waals surface area contributed by atoms with Crippen LogP contribution < -0.4 is 10.9 Å². The lowest BCUT2D eigenvalue weighted by molar-refractivity contribution is 0.0787. The van der Waals surface area contributed by atoms with Crippen molar-refractivity contribution in [2.75, 3.05) is 11.9 Å². The molecule has 1 amide bonds. The number of aromatic amines is 1. The first-order valence-electron chi connectivity index (χ1n) is 10.3. The number of hydrogen-bond donors (Lipinski definition) is 2. The lowest BCUT2D eigenvalue weighted by atomic mass is 10.1. The van der Waals surface area contributed by atoms with Gasteiger partial charge in [0.15, 0.2) is 5.82 Å². The summed E-state index contributed by atoms with van der Waals surface area (Å²) >= 11 is 0. The number of aromatic nitrogens is 3. The second kappa shape index (κ2) is 7.02. The van der Waals surface area contributed by atoms with Crippen molar-refractivity contribution in [2.24, 2.45) is 5.92 Å². The molecule has 0 spiro atoms. The molecule has 3 heterocycles. The number of hydrogen-bond acceptors (Lipinski definition) is 5. The Morgan fingerprint density at radius 1 is 1.33 bits per heavy atom. The molecule has 0 saturated heterocycles. The van der Waals surface area contributed by atoms with Crippen LogP contribution in [0.5, 0.6) is 0 Å². The van der Waals surface area contributed by atoms with Crippen molar-refractivity contribution < 1.29 is 4.79 Å². The third-order valence-corrected chi connectivity index (χ3v) is 6.04. The highest BCUT2D eigenvalue weighted by molar-refractivity contribution is 5.99. The van der Waals surface area contributed by atoms with Crippen LogP contribution >= 0.6 is 0 Å². The average Bonchev–Trinajstić information content (AvgIpc) is 3.45. The van der Waals surface area contributed by atoms with Crippen LogP contribution in [0, 0.1) is 17.2 Å². The Morgan fingerprint density at radius 3 is 2.90 bits per heavy atom. The Balaban J connectivity index is 1.55. The minimum Gasteiger partial charge on any atom is -0.338 e. The highest BCUT2D eigenvalue weighted by atomic mass is 16.2. The van der Waals surface area contributed by atoms with Crippen LogP contribution in [0.25, 0.3) is 10.9 Å². The summed E-state index contributed by atoms with van der Waals surface area (Å²) in [5.41, 5.74) is 2.96. The van der Waals surface area contributed by atoms with Crippen LogP contribution in [0.2, 0.25) is 0 Å². The highest BCUT2D eigenvalue weighted by Crippen LogP contribution is 2.43. The van der Waals surface area contributed by atoms with Crippen molar-refractivity contribution in [2.45, 2.75) is 38.8 Å². The van der Waals surface area contributed by atoms with E-state index < -0.39 is 0 Å². The zero-order chi connectivity index (χ0) is 20.8. The molecule has 0 radical (unpaired) electrons. The fraction of sp³-hybridized carbons (Fsp3) is 0.364. The summed E-state index contributed by atoms with van der Waals surface area (Å²) in [7, 11) is 0. The van der Waals surface area contributed by atoms with Gasteiger partial charge in [0.1, 0.15) is 5.39 Å². The smallest absolute Gasteiger partial charge is 0.261 e. The van der Waals surface area contributed by atoms with E-state index in [0.717, 1.165) is 35.2 Å². The molecule has 0 bridgehead atoms. The molecule has 8 nitrogen and oxygen atoms in total. The number of nitrogens with zero attached hydrogens (tertiary/aromatic N) is 4. The quantitative estimate of drug-likeness (QED) is 0.658. The van der Waals surface area contributed by atoms with Crippen LogP contribution in [0.1, 0.15) is 48.1 Å². The van der Waals surface area contributed by atoms with E-state index in [9.17, 15) is 14.9 Å². The molecule has 1 atom stereocenters. The normalized spacial score (nSPS) is 16.5. The Labute approximate surface area is 173 Å². The molecule has 2 aliphatic rings. The first-order valence-corrected chi connectivity index (χ1v) is 10.3. The van der Waals surface area contributed by atoms with Gasteiger partial charge in [0, 0.05) is 30.5 Å². The SMILES string of the molecule is CCN1Cc2cc(Nc3nn(C(CC#N)C4CC4)c4cc[nH]c(=O)c34)ccc2C1=O. The molecule has 3 aromatic rings. The van der Waals surface area contributed by atoms with Gasteiger partial charge in [-0.05, 0) is 55.5 Å². The van der Waals surface area contributed by atoms with Crippen molar-refractivity contribution in [3.63, 3.8) is 0 Å². The lowest BCUT2D eigenvalue weighted by Crippen LogP contribution is -2.22. The minimum absolute atomic E-state index is 0.0365. The molecule has 8 heteroatoms. The summed E-state index contributed by atoms with van der Waals surface area (Å²) in [5.74, 6) is 0.937. The molecule has 1 aromatic carbocycles. The van der Waals surface area contributed by atoms with Crippen molar-refractivity contribution >= 4 is 28.3 Å². The van der Waals surface area contributed by atoms with Gasteiger partial charge >= 0.3 is 0 Å². The van der Waals surface area contributed by atoms with Crippen LogP contribution in [-0.2, 0) is 6.54 Å². The number of nitrogens with one attached hydrogen (secondary N) is 2. The summed E-state index contributed by atoms with van der Waals surface area (Å²) in [5, 5.41) is 17.8. The Morgan fingerprint density at radius 2 is 2.17 bits per heavy atom. The Hall–Kier alpha value is -3.60. The molecular formula is C22H22N6O2. The van der Waals surface area contributed by atoms with Crippen molar-refractivity contribution in [1.29, 1.82) is 5.26 Å². The largest absolute Gasteiger partial charge is 0.338 e. The van der Waals surface area contributed by atoms with Crippen LogP contribution in [0.4, 0.5) is 11.5 Å². The van der Waals surface area contributed by atoms with E-state index in [-0.39, 0.29) is 17.5 Å². The van der Waals surface area contributed by atoms with E-state index in [0.29, 0.717) is 36.6 Å². The molecule has 1 unspecified atom stereocenters. The maximum absolute atomic E-state index is 12.6. The van der Waals surface area contributed by atoms with E-state index in [1.54, 1.807) is 11.1 Å². The van der Waals surface area contributed by atoms with Gasteiger partial charge in [-0.2, -0.15) is 10.4 Å². The number of benzene rings is 1. The van der Waals surface area contributed by atoms with E-state index >= 15 is 0 Å². The predicted octanol–water partition coefficient (Wildman–Crippen LogP) is 3.31. The summed E-state index contributed by atoms with van der Waals surface area (Å²) in [6, 6.07) is 9.67. The van der Waals surface area contributed by atoms with E-state index in [1.807, 2.05) is 35.9 Å². The number of rotatable bonds is 6. The van der Waals surface area contributed by atoms with Gasteiger partial charge in [-0.1, -0.05) is 0 Å². The summed E-state index contributed by atoms with van der Waals surface area (Å²) < 4.78 is 1.84. The van der Waals surface area contributed by atoms with E-state index in [2.05, 4.69) is 16.4 Å². The number of pyridine rings is 1. The van der Waals surface area contributed by atoms with Crippen molar-refractivity contribution in [3.05, 3.63) is 51.9 Å². The average molecular weight is 402 g/mol. The number of anilines is 2. The number of nitriles is 1. The summed E-state index contributed by atoms with van der Waals surface area (Å²) in [6.07, 6.45) is 4.13. The second-order valence-corrected chi connectivity index (χ2v) is 7.94. The van der Waals surface area contributed by atoms with Gasteiger partial charge in [0.05, 0.1) is 24.0 Å². The molecule has 2 aromatic heterocycles. The zero-order valence-electron chi connectivity index (χ0n) is 16.7. The zero-order valence-corrected chi connectivity index (χ0v) is 16.7. The summed E-state index contributed by atoms with van der Waals surface area (Å²) in [4.78, 5) is 29.5. The van der Waals surface area contributed by atoms with Gasteiger partial charge in [-0.15, -0.1) is 0 Å². The Kier molecular flexibility index (Phi) is 4.31. The predicted molar refractivity (Wildman–Crippen MR) is 112 cm³/mol. The third-order valence-electron chi connectivity index (χ3n) is 6.04. The number of H-pyrrole nitrogens is 1. The number of fused-ring (bicyclic) bond motifs is 2. The maximum Gasteiger partial charge on any atom is 0.261 e. The number of carbonyl (C=O) groups is 1. The van der Waals surface area contributed by atoms with Crippen molar-refractivity contribution in [1.82, 2.24) is 19.7 Å². The van der Waals surface area contributed by atoms with Gasteiger partial charge < -0.3 is 15.2 Å². The molecule has 152 valence electrons. The molecule has 1 aliphatic carbocycles. The lowest BCUT2D eigenvalue weighted by Gasteiger charge is -2.14. The fourth-order valence-electron chi connectivity index (χ4n) is 4.32. The summed E-state index contributed by atoms with van der Waals surface area (Å²) in [6.45, 7) is 3.22. The number of amides is 1. The molecule has 1 saturated carbocycles. The fourth-order valence-corrected chi connectivity index (χ4v) is 4.32. The van der Waals surface area contributed by atoms with Gasteiger partial charge in [0.2, 0.25) is 0 Å². The van der Waals surface area contributed by atoms with Crippen LogP contribution in [0.3, 0.4) is 0 Å². The van der Waals surface area contributed by atoms with Crippen LogP contribution in [0.15, 0.2) is 35.3 Å². The van der Waals surface area contributed by atoms with E-state index in [4.69, 9.17) is 5.10 Å². The standard InChI is InChI=1S/C22H22N6O2/c1-2-27-12-14-11-15(5-6-16(14)22(27)30)25-20-19-18(8-10-24-21(19)29)28(26-20)17(7-9-23)13-3-4-13/h5-6,8,10-11,13,17H,2-4,7,12H2,1H3,(H,24,29)(H,25,26). The molecule has 1 fully saturated rings. The highest BCUT2D eigenvalue weighted by Gasteiger charge is 2.34. The monoisotopic (exact) mass is 402 g/mol. The van der Waals surface area contributed by atoms with Gasteiger partial charge in [-0.3, -0.25) is 14.3 Å². The molecular weight excluding hydrogens is 380 g/mol. The van der Waals surface area contributed by atoms with E-state index in [1.165, 1.54) is 0 Å². The minimum atomic E-state index is -0.221. The van der Waals surface area contributed by atoms with Crippen LogP contribution in [-0.4, -0.2) is 32.1 Å². The first-order chi connectivity index (χ1) is 14.6. The molecule has 30 heavy (non-hydrogen) atoms. The topological polar surface area (TPSA) is 107 Å². The van der Waals surface area contributed by atoms with Gasteiger partial charge in [-0.25, -0.2) is 0 Å². The second-order valence-electron chi connectivity index (χ2n) is 7.94. The first kappa shape index (κ1) is 18.4. The third kappa shape index (κ3) is 2.94. The van der Waals surface area contributed by atoms with Gasteiger partial charge in [0.25, 0.3) is 11.5 Å². The molecule has 5 rings (SSSR count). The Bertz CT molecular complexity index is 1250. The molecule has 1 aliphatic heterocycles.